The number of benzene rings is 3. The first-order chi connectivity index (χ1) is 13.6. The molecule has 0 fully saturated rings. The number of fused-ring (bicyclic) bond motifs is 1. The summed E-state index contributed by atoms with van der Waals surface area (Å²) in [6, 6.07) is 18.6. The quantitative estimate of drug-likeness (QED) is 0.723. The molecule has 0 saturated carbocycles. The van der Waals surface area contributed by atoms with E-state index >= 15 is 0 Å². The number of carbonyl (C=O) groups excluding carboxylic acids is 1. The lowest BCUT2D eigenvalue weighted by atomic mass is 10.1. The van der Waals surface area contributed by atoms with Crippen LogP contribution in [0.5, 0.6) is 28.7 Å². The number of para-hydroxylation sites is 1. The largest absolute Gasteiger partial charge is 0.508 e. The molecule has 1 aliphatic heterocycles. The molecule has 1 heterocycles. The van der Waals surface area contributed by atoms with Crippen molar-refractivity contribution in [2.24, 2.45) is 0 Å². The Bertz CT molecular complexity index is 1000. The summed E-state index contributed by atoms with van der Waals surface area (Å²) >= 11 is 0. The van der Waals surface area contributed by atoms with E-state index in [9.17, 15) is 15.0 Å². The third-order valence-electron chi connectivity index (χ3n) is 4.49. The third kappa shape index (κ3) is 3.71. The minimum Gasteiger partial charge on any atom is -0.508 e. The maximum atomic E-state index is 13.1. The van der Waals surface area contributed by atoms with Crippen LogP contribution >= 0.6 is 0 Å². The molecule has 1 aliphatic rings. The number of aromatic hydroxyl groups is 2. The molecule has 0 aliphatic carbocycles. The van der Waals surface area contributed by atoms with Crippen LogP contribution in [0.4, 0.5) is 0 Å². The summed E-state index contributed by atoms with van der Waals surface area (Å²) in [4.78, 5) is 14.6. The van der Waals surface area contributed by atoms with Gasteiger partial charge in [-0.05, 0) is 48.5 Å². The first kappa shape index (κ1) is 17.7. The first-order valence-electron chi connectivity index (χ1n) is 8.90. The molecular weight excluding hydrogens is 358 g/mol. The van der Waals surface area contributed by atoms with Gasteiger partial charge in [0.05, 0.1) is 12.1 Å². The van der Waals surface area contributed by atoms with Crippen molar-refractivity contribution in [3.63, 3.8) is 0 Å². The second-order valence-electron chi connectivity index (χ2n) is 6.46. The van der Waals surface area contributed by atoms with Gasteiger partial charge in [0.25, 0.3) is 5.91 Å². The number of rotatable bonds is 3. The smallest absolute Gasteiger partial charge is 0.258 e. The highest BCUT2D eigenvalue weighted by Gasteiger charge is 2.24. The third-order valence-corrected chi connectivity index (χ3v) is 4.49. The zero-order chi connectivity index (χ0) is 19.5. The lowest BCUT2D eigenvalue weighted by Gasteiger charge is -2.21. The molecule has 0 aromatic heterocycles. The predicted molar refractivity (Wildman–Crippen MR) is 103 cm³/mol. The second kappa shape index (κ2) is 7.52. The van der Waals surface area contributed by atoms with E-state index in [1.54, 1.807) is 29.2 Å². The van der Waals surface area contributed by atoms with Gasteiger partial charge in [-0.3, -0.25) is 4.79 Å². The molecule has 0 saturated heterocycles. The Morgan fingerprint density at radius 3 is 2.61 bits per heavy atom. The highest BCUT2D eigenvalue weighted by molar-refractivity contribution is 5.97. The number of amides is 1. The fraction of sp³-hybridized carbons (Fsp3) is 0.136. The van der Waals surface area contributed by atoms with Crippen LogP contribution in [-0.2, 0) is 6.54 Å². The van der Waals surface area contributed by atoms with Gasteiger partial charge in [0.1, 0.15) is 35.4 Å². The van der Waals surface area contributed by atoms with E-state index in [4.69, 9.17) is 9.47 Å². The summed E-state index contributed by atoms with van der Waals surface area (Å²) in [5.74, 6) is 1.38. The lowest BCUT2D eigenvalue weighted by Crippen LogP contribution is -2.32. The molecule has 1 amide bonds. The van der Waals surface area contributed by atoms with E-state index in [0.717, 1.165) is 0 Å². The van der Waals surface area contributed by atoms with Crippen LogP contribution in [0.15, 0.2) is 66.7 Å². The van der Waals surface area contributed by atoms with E-state index in [1.165, 1.54) is 12.1 Å². The van der Waals surface area contributed by atoms with Crippen molar-refractivity contribution in [1.29, 1.82) is 0 Å². The zero-order valence-electron chi connectivity index (χ0n) is 15.0. The van der Waals surface area contributed by atoms with Crippen LogP contribution in [0, 0.1) is 0 Å². The molecule has 2 N–H and O–H groups in total. The van der Waals surface area contributed by atoms with E-state index in [1.807, 2.05) is 30.3 Å². The van der Waals surface area contributed by atoms with Crippen molar-refractivity contribution >= 4 is 5.91 Å². The average Bonchev–Trinajstić information content (AvgIpc) is 2.91. The number of hydrogen-bond acceptors (Lipinski definition) is 5. The Balaban J connectivity index is 1.59. The van der Waals surface area contributed by atoms with E-state index in [-0.39, 0.29) is 29.5 Å². The topological polar surface area (TPSA) is 79.2 Å². The van der Waals surface area contributed by atoms with Gasteiger partial charge in [-0.2, -0.15) is 0 Å². The number of phenols is 2. The Morgan fingerprint density at radius 2 is 1.79 bits per heavy atom. The summed E-state index contributed by atoms with van der Waals surface area (Å²) in [6.07, 6.45) is 0. The fourth-order valence-corrected chi connectivity index (χ4v) is 3.10. The fourth-order valence-electron chi connectivity index (χ4n) is 3.10. The van der Waals surface area contributed by atoms with Gasteiger partial charge in [0.15, 0.2) is 0 Å². The van der Waals surface area contributed by atoms with Crippen molar-refractivity contribution in [2.75, 3.05) is 13.2 Å². The molecule has 28 heavy (non-hydrogen) atoms. The molecule has 0 unspecified atom stereocenters. The summed E-state index contributed by atoms with van der Waals surface area (Å²) in [6.45, 7) is 0.952. The number of hydrogen-bond donors (Lipinski definition) is 2. The standard InChI is InChI=1S/C22H19NO5/c24-16-6-9-21-15(12-16)14-23(10-11-27-21)22(26)19-13-18(7-8-20(19)25)28-17-4-2-1-3-5-17/h1-9,12-13,24-25H,10-11,14H2. The summed E-state index contributed by atoms with van der Waals surface area (Å²) in [7, 11) is 0. The highest BCUT2D eigenvalue weighted by atomic mass is 16.5. The molecular formula is C22H19NO5. The Morgan fingerprint density at radius 1 is 0.964 bits per heavy atom. The highest BCUT2D eigenvalue weighted by Crippen LogP contribution is 2.31. The molecule has 0 radical (unpaired) electrons. The van der Waals surface area contributed by atoms with Gasteiger partial charge >= 0.3 is 0 Å². The maximum Gasteiger partial charge on any atom is 0.258 e. The lowest BCUT2D eigenvalue weighted by molar-refractivity contribution is 0.0729. The summed E-state index contributed by atoms with van der Waals surface area (Å²) < 4.78 is 11.4. The van der Waals surface area contributed by atoms with Gasteiger partial charge in [-0.15, -0.1) is 0 Å². The van der Waals surface area contributed by atoms with Crippen LogP contribution in [0.3, 0.4) is 0 Å². The van der Waals surface area contributed by atoms with Gasteiger partial charge < -0.3 is 24.6 Å². The van der Waals surface area contributed by atoms with Crippen LogP contribution in [0.2, 0.25) is 0 Å². The zero-order valence-corrected chi connectivity index (χ0v) is 15.0. The molecule has 3 aromatic rings. The molecule has 6 heteroatoms. The Labute approximate surface area is 162 Å². The van der Waals surface area contributed by atoms with Gasteiger partial charge in [-0.25, -0.2) is 0 Å². The molecule has 0 spiro atoms. The molecule has 142 valence electrons. The monoisotopic (exact) mass is 377 g/mol. The average molecular weight is 377 g/mol. The number of nitrogens with zero attached hydrogens (tertiary/aromatic N) is 1. The second-order valence-corrected chi connectivity index (χ2v) is 6.46. The van der Waals surface area contributed by atoms with Crippen LogP contribution in [0.25, 0.3) is 0 Å². The molecule has 3 aromatic carbocycles. The van der Waals surface area contributed by atoms with Crippen LogP contribution in [-0.4, -0.2) is 34.2 Å². The first-order valence-corrected chi connectivity index (χ1v) is 8.90. The van der Waals surface area contributed by atoms with Crippen molar-refractivity contribution in [1.82, 2.24) is 4.90 Å². The molecule has 0 atom stereocenters. The maximum absolute atomic E-state index is 13.1. The SMILES string of the molecule is O=C(c1cc(Oc2ccccc2)ccc1O)N1CCOc2ccc(O)cc2C1. The van der Waals surface area contributed by atoms with Crippen molar-refractivity contribution in [2.45, 2.75) is 6.54 Å². The van der Waals surface area contributed by atoms with Gasteiger partial charge in [0.2, 0.25) is 0 Å². The summed E-state index contributed by atoms with van der Waals surface area (Å²) in [5, 5.41) is 20.0. The van der Waals surface area contributed by atoms with E-state index in [2.05, 4.69) is 0 Å². The van der Waals surface area contributed by atoms with Crippen molar-refractivity contribution in [3.8, 4) is 28.7 Å². The van der Waals surface area contributed by atoms with E-state index < -0.39 is 0 Å². The number of ether oxygens (including phenoxy) is 2. The minimum atomic E-state index is -0.337. The molecule has 4 rings (SSSR count). The minimum absolute atomic E-state index is 0.109. The van der Waals surface area contributed by atoms with E-state index in [0.29, 0.717) is 36.0 Å². The Hall–Kier alpha value is -3.67. The van der Waals surface area contributed by atoms with Gasteiger partial charge in [0, 0.05) is 12.1 Å². The molecule has 0 bridgehead atoms. The number of carbonyl (C=O) groups is 1. The van der Waals surface area contributed by atoms with Crippen molar-refractivity contribution < 1.29 is 24.5 Å². The molecule has 6 nitrogen and oxygen atoms in total. The van der Waals surface area contributed by atoms with Crippen LogP contribution in [0.1, 0.15) is 15.9 Å². The number of phenolic OH excluding ortho intramolecular Hbond substituents is 2. The predicted octanol–water partition coefficient (Wildman–Crippen LogP) is 3.92. The normalized spacial score (nSPS) is 13.2. The Kier molecular flexibility index (Phi) is 4.76. The van der Waals surface area contributed by atoms with Gasteiger partial charge in [-0.1, -0.05) is 18.2 Å². The summed E-state index contributed by atoms with van der Waals surface area (Å²) in [5.41, 5.74) is 0.860. The van der Waals surface area contributed by atoms with Crippen LogP contribution < -0.4 is 9.47 Å². The van der Waals surface area contributed by atoms with Crippen molar-refractivity contribution in [3.05, 3.63) is 77.9 Å².